The van der Waals surface area contributed by atoms with Crippen LogP contribution >= 0.6 is 0 Å². The van der Waals surface area contributed by atoms with Crippen LogP contribution in [0.25, 0.3) is 0 Å². The van der Waals surface area contributed by atoms with E-state index in [0.717, 1.165) is 18.2 Å². The van der Waals surface area contributed by atoms with Crippen molar-refractivity contribution in [1.29, 1.82) is 0 Å². The minimum atomic E-state index is -4.77. The van der Waals surface area contributed by atoms with Gasteiger partial charge in [0.1, 0.15) is 0 Å². The second-order valence-corrected chi connectivity index (χ2v) is 6.54. The minimum Gasteiger partial charge on any atom is -0.377 e. The Balaban J connectivity index is 2.41. The summed E-state index contributed by atoms with van der Waals surface area (Å²) < 4.78 is 71.5. The second-order valence-electron chi connectivity index (χ2n) is 4.89. The molecule has 8 heteroatoms. The van der Waals surface area contributed by atoms with Gasteiger partial charge in [-0.3, -0.25) is 4.72 Å². The third kappa shape index (κ3) is 4.27. The number of para-hydroxylation sites is 1. The van der Waals surface area contributed by atoms with Gasteiger partial charge in [-0.2, -0.15) is 13.2 Å². The summed E-state index contributed by atoms with van der Waals surface area (Å²) in [7, 11) is -4.40. The number of ether oxygens (including phenoxy) is 1. The lowest BCUT2D eigenvalue weighted by atomic mass is 10.2. The number of nitrogens with one attached hydrogen (secondary N) is 1. The van der Waals surface area contributed by atoms with Crippen LogP contribution < -0.4 is 4.72 Å². The predicted molar refractivity (Wildman–Crippen MR) is 84.0 cm³/mol. The standard InChI is InChI=1S/C16H16F3NO3S/c1-2-23-11-12-7-3-5-9-14(12)20-24(21,22)15-10-6-4-8-13(15)16(17,18)19/h3-10,20H,2,11H2,1H3. The molecule has 0 radical (unpaired) electrons. The van der Waals surface area contributed by atoms with Gasteiger partial charge in [-0.15, -0.1) is 0 Å². The summed E-state index contributed by atoms with van der Waals surface area (Å²) in [5.41, 5.74) is -0.491. The molecule has 1 N–H and O–H groups in total. The molecule has 0 bridgehead atoms. The molecule has 0 heterocycles. The van der Waals surface area contributed by atoms with Crippen molar-refractivity contribution in [3.8, 4) is 0 Å². The number of hydrogen-bond donors (Lipinski definition) is 1. The van der Waals surface area contributed by atoms with Crippen molar-refractivity contribution in [3.05, 3.63) is 59.7 Å². The van der Waals surface area contributed by atoms with Crippen LogP contribution in [0.1, 0.15) is 18.1 Å². The van der Waals surface area contributed by atoms with E-state index in [1.807, 2.05) is 0 Å². The molecule has 2 rings (SSSR count). The third-order valence-electron chi connectivity index (χ3n) is 3.21. The Morgan fingerprint density at radius 2 is 1.67 bits per heavy atom. The molecule has 24 heavy (non-hydrogen) atoms. The summed E-state index contributed by atoms with van der Waals surface area (Å²) >= 11 is 0. The van der Waals surface area contributed by atoms with E-state index in [9.17, 15) is 21.6 Å². The van der Waals surface area contributed by atoms with Gasteiger partial charge in [-0.25, -0.2) is 8.42 Å². The van der Waals surface area contributed by atoms with Gasteiger partial charge in [0.15, 0.2) is 0 Å². The first kappa shape index (κ1) is 18.3. The van der Waals surface area contributed by atoms with Gasteiger partial charge in [-0.05, 0) is 25.1 Å². The van der Waals surface area contributed by atoms with E-state index in [4.69, 9.17) is 4.74 Å². The molecule has 0 aliphatic carbocycles. The number of sulfonamides is 1. The summed E-state index contributed by atoms with van der Waals surface area (Å²) in [5, 5.41) is 0. The van der Waals surface area contributed by atoms with Gasteiger partial charge in [0.25, 0.3) is 10.0 Å². The molecule has 0 saturated heterocycles. The zero-order valence-corrected chi connectivity index (χ0v) is 13.6. The molecule has 0 atom stereocenters. The topological polar surface area (TPSA) is 55.4 Å². The van der Waals surface area contributed by atoms with Gasteiger partial charge in [0, 0.05) is 12.2 Å². The molecule has 0 aromatic heterocycles. The van der Waals surface area contributed by atoms with Crippen LogP contribution in [0.2, 0.25) is 0 Å². The largest absolute Gasteiger partial charge is 0.417 e. The molecule has 0 aliphatic heterocycles. The molecule has 0 saturated carbocycles. The first-order chi connectivity index (χ1) is 11.3. The van der Waals surface area contributed by atoms with Gasteiger partial charge in [-0.1, -0.05) is 30.3 Å². The first-order valence-corrected chi connectivity index (χ1v) is 8.58. The number of halogens is 3. The van der Waals surface area contributed by atoms with E-state index >= 15 is 0 Å². The highest BCUT2D eigenvalue weighted by Gasteiger charge is 2.37. The quantitative estimate of drug-likeness (QED) is 0.847. The van der Waals surface area contributed by atoms with Crippen LogP contribution in [0, 0.1) is 0 Å². The van der Waals surface area contributed by atoms with Crippen molar-refractivity contribution in [2.24, 2.45) is 0 Å². The van der Waals surface area contributed by atoms with E-state index in [2.05, 4.69) is 4.72 Å². The highest BCUT2D eigenvalue weighted by molar-refractivity contribution is 7.92. The van der Waals surface area contributed by atoms with Crippen molar-refractivity contribution >= 4 is 15.7 Å². The molecule has 130 valence electrons. The van der Waals surface area contributed by atoms with Crippen LogP contribution in [0.15, 0.2) is 53.4 Å². The molecule has 2 aromatic rings. The van der Waals surface area contributed by atoms with Crippen molar-refractivity contribution in [2.75, 3.05) is 11.3 Å². The van der Waals surface area contributed by atoms with E-state index in [1.165, 1.54) is 12.1 Å². The first-order valence-electron chi connectivity index (χ1n) is 7.10. The minimum absolute atomic E-state index is 0.149. The Morgan fingerprint density at radius 3 is 2.33 bits per heavy atom. The molecule has 0 aliphatic rings. The lowest BCUT2D eigenvalue weighted by Gasteiger charge is -2.16. The molecule has 4 nitrogen and oxygen atoms in total. The summed E-state index contributed by atoms with van der Waals surface area (Å²) in [6.07, 6.45) is -4.77. The Bertz CT molecular complexity index is 804. The number of hydrogen-bond acceptors (Lipinski definition) is 3. The molecule has 0 spiro atoms. The third-order valence-corrected chi connectivity index (χ3v) is 4.63. The lowest BCUT2D eigenvalue weighted by Crippen LogP contribution is -2.19. The monoisotopic (exact) mass is 359 g/mol. The molecule has 0 unspecified atom stereocenters. The van der Waals surface area contributed by atoms with Crippen molar-refractivity contribution < 1.29 is 26.3 Å². The zero-order valence-electron chi connectivity index (χ0n) is 12.8. The molecular weight excluding hydrogens is 343 g/mol. The van der Waals surface area contributed by atoms with Gasteiger partial charge < -0.3 is 4.74 Å². The van der Waals surface area contributed by atoms with Gasteiger partial charge in [0.2, 0.25) is 0 Å². The second kappa shape index (κ2) is 7.23. The number of benzene rings is 2. The maximum absolute atomic E-state index is 13.1. The fraction of sp³-hybridized carbons (Fsp3) is 0.250. The predicted octanol–water partition coefficient (Wildman–Crippen LogP) is 4.04. The van der Waals surface area contributed by atoms with Crippen LogP contribution in [-0.2, 0) is 27.5 Å². The SMILES string of the molecule is CCOCc1ccccc1NS(=O)(=O)c1ccccc1C(F)(F)F. The fourth-order valence-electron chi connectivity index (χ4n) is 2.09. The van der Waals surface area contributed by atoms with Crippen LogP contribution in [-0.4, -0.2) is 15.0 Å². The molecular formula is C16H16F3NO3S. The Labute approximate surface area is 138 Å². The smallest absolute Gasteiger partial charge is 0.377 e. The van der Waals surface area contributed by atoms with Gasteiger partial charge >= 0.3 is 6.18 Å². The van der Waals surface area contributed by atoms with E-state index < -0.39 is 26.7 Å². The number of alkyl halides is 3. The Kier molecular flexibility index (Phi) is 5.51. The average Bonchev–Trinajstić information content (AvgIpc) is 2.53. The average molecular weight is 359 g/mol. The van der Waals surface area contributed by atoms with Crippen LogP contribution in [0.5, 0.6) is 0 Å². The Hall–Kier alpha value is -2.06. The van der Waals surface area contributed by atoms with Crippen molar-refractivity contribution in [3.63, 3.8) is 0 Å². The number of anilines is 1. The molecule has 2 aromatic carbocycles. The molecule has 0 fully saturated rings. The van der Waals surface area contributed by atoms with Crippen LogP contribution in [0.4, 0.5) is 18.9 Å². The molecule has 0 amide bonds. The van der Waals surface area contributed by atoms with E-state index in [0.29, 0.717) is 12.2 Å². The lowest BCUT2D eigenvalue weighted by molar-refractivity contribution is -0.139. The summed E-state index contributed by atoms with van der Waals surface area (Å²) in [6.45, 7) is 2.36. The summed E-state index contributed by atoms with van der Waals surface area (Å²) in [5.74, 6) is 0. The highest BCUT2D eigenvalue weighted by Crippen LogP contribution is 2.34. The Morgan fingerprint density at radius 1 is 1.04 bits per heavy atom. The number of rotatable bonds is 6. The summed E-state index contributed by atoms with van der Waals surface area (Å²) in [4.78, 5) is -0.816. The highest BCUT2D eigenvalue weighted by atomic mass is 32.2. The van der Waals surface area contributed by atoms with E-state index in [1.54, 1.807) is 25.1 Å². The fourth-order valence-corrected chi connectivity index (χ4v) is 3.42. The summed E-state index contributed by atoms with van der Waals surface area (Å²) in [6, 6.07) is 10.4. The van der Waals surface area contributed by atoms with Gasteiger partial charge in [0.05, 0.1) is 22.8 Å². The van der Waals surface area contributed by atoms with Crippen LogP contribution in [0.3, 0.4) is 0 Å². The van der Waals surface area contributed by atoms with E-state index in [-0.39, 0.29) is 12.3 Å². The maximum Gasteiger partial charge on any atom is 0.417 e. The normalized spacial score (nSPS) is 12.2. The maximum atomic E-state index is 13.1. The zero-order chi connectivity index (χ0) is 17.8. The van der Waals surface area contributed by atoms with Crippen molar-refractivity contribution in [2.45, 2.75) is 24.6 Å². The van der Waals surface area contributed by atoms with Crippen molar-refractivity contribution in [1.82, 2.24) is 0 Å².